The van der Waals surface area contributed by atoms with Gasteiger partial charge in [-0.1, -0.05) is 197 Å². The first-order valence-corrected chi connectivity index (χ1v) is 21.5. The third-order valence-electron chi connectivity index (χ3n) is 9.48. The van der Waals surface area contributed by atoms with Gasteiger partial charge in [-0.3, -0.25) is 4.79 Å². The van der Waals surface area contributed by atoms with E-state index in [1.807, 2.05) is 6.08 Å². The lowest BCUT2D eigenvalue weighted by molar-refractivity contribution is -0.123. The average Bonchev–Trinajstić information content (AvgIpc) is 3.12. The number of nitrogens with one attached hydrogen (secondary N) is 1. The highest BCUT2D eigenvalue weighted by Crippen LogP contribution is 2.14. The Morgan fingerprint density at radius 2 is 0.900 bits per heavy atom. The van der Waals surface area contributed by atoms with E-state index < -0.39 is 12.1 Å². The van der Waals surface area contributed by atoms with Crippen LogP contribution in [0.25, 0.3) is 0 Å². The Kier molecular flexibility index (Phi) is 39.9. The summed E-state index contributed by atoms with van der Waals surface area (Å²) < 4.78 is 0. The number of amides is 1. The molecular weight excluding hydrogens is 615 g/mol. The predicted molar refractivity (Wildman–Crippen MR) is 221 cm³/mol. The highest BCUT2D eigenvalue weighted by molar-refractivity contribution is 5.76. The molecule has 0 heterocycles. The third-order valence-corrected chi connectivity index (χ3v) is 9.48. The maximum atomic E-state index is 12.4. The quantitative estimate of drug-likeness (QED) is 0.0444. The molecular formula is C46H83NO3. The van der Waals surface area contributed by atoms with Crippen molar-refractivity contribution in [1.29, 1.82) is 0 Å². The first-order valence-electron chi connectivity index (χ1n) is 21.5. The van der Waals surface area contributed by atoms with Crippen LogP contribution in [0.4, 0.5) is 0 Å². The molecule has 0 aromatic rings. The van der Waals surface area contributed by atoms with E-state index in [0.29, 0.717) is 6.42 Å². The number of carbonyl (C=O) groups excluding carboxylic acids is 1. The van der Waals surface area contributed by atoms with Crippen LogP contribution in [0.1, 0.15) is 206 Å². The molecule has 0 saturated carbocycles. The Balaban J connectivity index is 3.64. The van der Waals surface area contributed by atoms with Crippen molar-refractivity contribution >= 4 is 5.91 Å². The molecule has 0 aromatic heterocycles. The predicted octanol–water partition coefficient (Wildman–Crippen LogP) is 13.3. The lowest BCUT2D eigenvalue weighted by atomic mass is 10.0. The van der Waals surface area contributed by atoms with Gasteiger partial charge in [-0.2, -0.15) is 0 Å². The van der Waals surface area contributed by atoms with Crippen molar-refractivity contribution in [2.45, 2.75) is 219 Å². The molecule has 0 saturated heterocycles. The van der Waals surface area contributed by atoms with E-state index in [9.17, 15) is 15.0 Å². The van der Waals surface area contributed by atoms with Gasteiger partial charge in [0.1, 0.15) is 0 Å². The summed E-state index contributed by atoms with van der Waals surface area (Å²) in [7, 11) is 0. The molecule has 0 spiro atoms. The first kappa shape index (κ1) is 48.1. The molecule has 0 rings (SSSR count). The van der Waals surface area contributed by atoms with Crippen LogP contribution in [0.2, 0.25) is 0 Å². The second-order valence-electron chi connectivity index (χ2n) is 14.4. The molecule has 4 heteroatoms. The number of unbranched alkanes of at least 4 members (excludes halogenated alkanes) is 23. The van der Waals surface area contributed by atoms with Crippen LogP contribution in [-0.2, 0) is 4.79 Å². The van der Waals surface area contributed by atoms with Crippen molar-refractivity contribution in [3.8, 4) is 0 Å². The number of aliphatic hydroxyl groups excluding tert-OH is 2. The Morgan fingerprint density at radius 3 is 1.40 bits per heavy atom. The summed E-state index contributed by atoms with van der Waals surface area (Å²) in [6.45, 7) is 4.18. The van der Waals surface area contributed by atoms with Crippen LogP contribution in [0.15, 0.2) is 60.8 Å². The van der Waals surface area contributed by atoms with Crippen molar-refractivity contribution < 1.29 is 15.0 Å². The average molecular weight is 698 g/mol. The minimum Gasteiger partial charge on any atom is -0.394 e. The maximum absolute atomic E-state index is 12.4. The van der Waals surface area contributed by atoms with Crippen molar-refractivity contribution in [2.75, 3.05) is 6.61 Å². The second-order valence-corrected chi connectivity index (χ2v) is 14.4. The minimum absolute atomic E-state index is 0.0858. The first-order chi connectivity index (χ1) is 24.7. The van der Waals surface area contributed by atoms with Crippen molar-refractivity contribution in [3.05, 3.63) is 60.8 Å². The van der Waals surface area contributed by atoms with Gasteiger partial charge < -0.3 is 15.5 Å². The highest BCUT2D eigenvalue weighted by Gasteiger charge is 2.17. The molecule has 0 aliphatic rings. The van der Waals surface area contributed by atoms with Gasteiger partial charge in [0.05, 0.1) is 18.8 Å². The highest BCUT2D eigenvalue weighted by atomic mass is 16.3. The summed E-state index contributed by atoms with van der Waals surface area (Å²) in [4.78, 5) is 12.4. The molecule has 290 valence electrons. The molecule has 0 fully saturated rings. The Hall–Kier alpha value is -1.91. The molecule has 0 aromatic carbocycles. The number of rotatable bonds is 38. The molecule has 4 nitrogen and oxygen atoms in total. The zero-order valence-corrected chi connectivity index (χ0v) is 33.2. The zero-order chi connectivity index (χ0) is 36.4. The summed E-state index contributed by atoms with van der Waals surface area (Å²) in [5, 5.41) is 23.0. The van der Waals surface area contributed by atoms with Gasteiger partial charge in [-0.15, -0.1) is 0 Å². The summed E-state index contributed by atoms with van der Waals surface area (Å²) in [5.74, 6) is -0.0858. The SMILES string of the molecule is CC/C=C\C/C=C\C/C=C\CCCCCCCCCC(=O)NC(CO)C(O)/C=C/CC/C=C/CCCCCCCCCCCCCCCCC. The topological polar surface area (TPSA) is 69.6 Å². The summed E-state index contributed by atoms with van der Waals surface area (Å²) in [5.41, 5.74) is 0. The molecule has 0 radical (unpaired) electrons. The fourth-order valence-corrected chi connectivity index (χ4v) is 6.21. The maximum Gasteiger partial charge on any atom is 0.220 e. The van der Waals surface area contributed by atoms with Crippen LogP contribution in [-0.4, -0.2) is 34.9 Å². The largest absolute Gasteiger partial charge is 0.394 e. The van der Waals surface area contributed by atoms with Crippen molar-refractivity contribution in [3.63, 3.8) is 0 Å². The molecule has 0 aliphatic carbocycles. The minimum atomic E-state index is -0.868. The fraction of sp³-hybridized carbons (Fsp3) is 0.761. The van der Waals surface area contributed by atoms with E-state index in [1.165, 1.54) is 122 Å². The van der Waals surface area contributed by atoms with Gasteiger partial charge in [0.15, 0.2) is 0 Å². The number of hydrogen-bond acceptors (Lipinski definition) is 3. The van der Waals surface area contributed by atoms with E-state index in [1.54, 1.807) is 6.08 Å². The van der Waals surface area contributed by atoms with Gasteiger partial charge in [0.2, 0.25) is 5.91 Å². The monoisotopic (exact) mass is 698 g/mol. The Bertz CT molecular complexity index is 842. The Morgan fingerprint density at radius 1 is 0.500 bits per heavy atom. The molecule has 50 heavy (non-hydrogen) atoms. The fourth-order valence-electron chi connectivity index (χ4n) is 6.21. The lowest BCUT2D eigenvalue weighted by Crippen LogP contribution is -2.45. The summed E-state index contributed by atoms with van der Waals surface area (Å²) in [6, 6.07) is -0.646. The number of allylic oxidation sites excluding steroid dienone is 9. The molecule has 0 aliphatic heterocycles. The van der Waals surface area contributed by atoms with Crippen molar-refractivity contribution in [2.24, 2.45) is 0 Å². The van der Waals surface area contributed by atoms with Gasteiger partial charge in [0.25, 0.3) is 0 Å². The van der Waals surface area contributed by atoms with Gasteiger partial charge in [-0.25, -0.2) is 0 Å². The van der Waals surface area contributed by atoms with E-state index in [0.717, 1.165) is 64.2 Å². The molecule has 3 N–H and O–H groups in total. The molecule has 1 amide bonds. The van der Waals surface area contributed by atoms with Crippen LogP contribution in [0.5, 0.6) is 0 Å². The smallest absolute Gasteiger partial charge is 0.220 e. The van der Waals surface area contributed by atoms with Gasteiger partial charge >= 0.3 is 0 Å². The number of carbonyl (C=O) groups is 1. The van der Waals surface area contributed by atoms with E-state index in [-0.39, 0.29) is 12.5 Å². The van der Waals surface area contributed by atoms with E-state index in [2.05, 4.69) is 67.8 Å². The van der Waals surface area contributed by atoms with Crippen LogP contribution >= 0.6 is 0 Å². The van der Waals surface area contributed by atoms with Crippen LogP contribution < -0.4 is 5.32 Å². The van der Waals surface area contributed by atoms with E-state index >= 15 is 0 Å². The van der Waals surface area contributed by atoms with Crippen molar-refractivity contribution in [1.82, 2.24) is 5.32 Å². The van der Waals surface area contributed by atoms with E-state index in [4.69, 9.17) is 0 Å². The molecule has 2 atom stereocenters. The van der Waals surface area contributed by atoms with Gasteiger partial charge in [0, 0.05) is 6.42 Å². The molecule has 0 bridgehead atoms. The summed E-state index contributed by atoms with van der Waals surface area (Å²) >= 11 is 0. The van der Waals surface area contributed by atoms with Gasteiger partial charge in [-0.05, 0) is 64.2 Å². The molecule has 2 unspecified atom stereocenters. The second kappa shape index (κ2) is 41.5. The lowest BCUT2D eigenvalue weighted by Gasteiger charge is -2.19. The Labute approximate surface area is 311 Å². The van der Waals surface area contributed by atoms with Crippen LogP contribution in [0.3, 0.4) is 0 Å². The summed E-state index contributed by atoms with van der Waals surface area (Å²) in [6.07, 6.45) is 57.5. The number of hydrogen-bond donors (Lipinski definition) is 3. The standard InChI is InChI=1S/C46H83NO3/c1-3-5-7-9-11-13-15-17-19-21-22-23-24-26-27-29-31-33-35-37-39-41-45(49)44(43-48)47-46(50)42-40-38-36-34-32-30-28-25-20-18-16-14-12-10-8-6-4-2/h6,8,12,14,18,20,31,33,39,41,44-45,48-49H,3-5,7,9-11,13,15-17,19,21-30,32,34-38,40,42-43H2,1-2H3,(H,47,50)/b8-6-,14-12-,20-18-,33-31+,41-39+. The third kappa shape index (κ3) is 37.3. The normalized spacial score (nSPS) is 13.6. The number of aliphatic hydroxyl groups is 2. The van der Waals surface area contributed by atoms with Crippen LogP contribution in [0, 0.1) is 0 Å². The zero-order valence-electron chi connectivity index (χ0n) is 33.2.